The van der Waals surface area contributed by atoms with Crippen molar-refractivity contribution in [1.82, 2.24) is 9.88 Å². The van der Waals surface area contributed by atoms with Crippen LogP contribution in [0.1, 0.15) is 15.9 Å². The number of aromatic amines is 1. The summed E-state index contributed by atoms with van der Waals surface area (Å²) in [6, 6.07) is 9.39. The number of aromatic nitrogens is 1. The van der Waals surface area contributed by atoms with E-state index in [4.69, 9.17) is 14.2 Å². The molecule has 0 amide bonds. The average Bonchev–Trinajstić information content (AvgIpc) is 3.16. The van der Waals surface area contributed by atoms with Gasteiger partial charge in [-0.1, -0.05) is 0 Å². The molecule has 28 heavy (non-hydrogen) atoms. The molecule has 0 radical (unpaired) electrons. The molecule has 0 saturated heterocycles. The van der Waals surface area contributed by atoms with Crippen molar-refractivity contribution in [2.75, 3.05) is 41.5 Å². The number of fused-ring (bicyclic) bond motifs is 5. The van der Waals surface area contributed by atoms with E-state index in [1.54, 1.807) is 20.3 Å². The van der Waals surface area contributed by atoms with Gasteiger partial charge in [-0.25, -0.2) is 0 Å². The number of ether oxygens (including phenoxy) is 3. The molecular formula is C21H23ClN2O4. The molecule has 1 aromatic heterocycles. The Bertz CT molecular complexity index is 1040. The maximum absolute atomic E-state index is 13.1. The number of carbonyl (C=O) groups is 1. The number of benzene rings is 2. The number of halogens is 1. The number of hydrogen-bond acceptors (Lipinski definition) is 5. The van der Waals surface area contributed by atoms with E-state index in [0.29, 0.717) is 29.2 Å². The van der Waals surface area contributed by atoms with Gasteiger partial charge in [0.2, 0.25) is 0 Å². The van der Waals surface area contributed by atoms with Crippen LogP contribution in [-0.2, 0) is 0 Å². The fourth-order valence-corrected chi connectivity index (χ4v) is 3.45. The number of ketones is 1. The lowest BCUT2D eigenvalue weighted by atomic mass is 10.1. The maximum atomic E-state index is 13.1. The average molecular weight is 403 g/mol. The highest BCUT2D eigenvalue weighted by Crippen LogP contribution is 2.45. The van der Waals surface area contributed by atoms with E-state index in [-0.39, 0.29) is 18.2 Å². The van der Waals surface area contributed by atoms with Crippen LogP contribution in [0.2, 0.25) is 0 Å². The highest BCUT2D eigenvalue weighted by molar-refractivity contribution is 6.27. The minimum atomic E-state index is -0.0161. The summed E-state index contributed by atoms with van der Waals surface area (Å²) < 4.78 is 16.6. The van der Waals surface area contributed by atoms with Crippen molar-refractivity contribution in [1.29, 1.82) is 0 Å². The summed E-state index contributed by atoms with van der Waals surface area (Å²) >= 11 is 0. The summed E-state index contributed by atoms with van der Waals surface area (Å²) in [5.41, 5.74) is 3.85. The van der Waals surface area contributed by atoms with Crippen molar-refractivity contribution in [2.24, 2.45) is 0 Å². The number of hydrogen-bond donors (Lipinski definition) is 1. The first-order chi connectivity index (χ1) is 13.0. The van der Waals surface area contributed by atoms with Gasteiger partial charge in [0.05, 0.1) is 25.5 Å². The van der Waals surface area contributed by atoms with Gasteiger partial charge < -0.3 is 24.1 Å². The first-order valence-electron chi connectivity index (χ1n) is 8.78. The number of nitrogens with zero attached hydrogens (tertiary/aromatic N) is 1. The van der Waals surface area contributed by atoms with E-state index in [1.165, 1.54) is 0 Å². The number of methoxy groups -OCH3 is 2. The van der Waals surface area contributed by atoms with Crippen LogP contribution in [0.3, 0.4) is 0 Å². The lowest BCUT2D eigenvalue weighted by Gasteiger charge is -2.11. The van der Waals surface area contributed by atoms with Gasteiger partial charge in [-0.05, 0) is 44.4 Å². The third kappa shape index (κ3) is 3.19. The lowest BCUT2D eigenvalue weighted by molar-refractivity contribution is 0.104. The second-order valence-corrected chi connectivity index (χ2v) is 6.82. The molecular weight excluding hydrogens is 380 g/mol. The monoisotopic (exact) mass is 402 g/mol. The van der Waals surface area contributed by atoms with Gasteiger partial charge >= 0.3 is 0 Å². The van der Waals surface area contributed by atoms with E-state index in [9.17, 15) is 4.79 Å². The van der Waals surface area contributed by atoms with Gasteiger partial charge in [0.25, 0.3) is 0 Å². The Labute approximate surface area is 169 Å². The molecule has 1 N–H and O–H groups in total. The predicted octanol–water partition coefficient (Wildman–Crippen LogP) is 3.76. The van der Waals surface area contributed by atoms with E-state index in [1.807, 2.05) is 38.4 Å². The number of H-pyrrole nitrogens is 1. The Morgan fingerprint density at radius 3 is 2.32 bits per heavy atom. The van der Waals surface area contributed by atoms with Crippen LogP contribution < -0.4 is 14.2 Å². The predicted molar refractivity (Wildman–Crippen MR) is 112 cm³/mol. The Kier molecular flexibility index (Phi) is 5.54. The van der Waals surface area contributed by atoms with Gasteiger partial charge in [-0.15, -0.1) is 12.4 Å². The lowest BCUT2D eigenvalue weighted by Crippen LogP contribution is -2.19. The number of rotatable bonds is 6. The topological polar surface area (TPSA) is 63.8 Å². The summed E-state index contributed by atoms with van der Waals surface area (Å²) in [6.07, 6.45) is 0. The fraction of sp³-hybridized carbons (Fsp3) is 0.286. The molecule has 148 valence electrons. The molecule has 1 aliphatic carbocycles. The largest absolute Gasteiger partial charge is 0.493 e. The molecule has 6 nitrogen and oxygen atoms in total. The van der Waals surface area contributed by atoms with Gasteiger partial charge in [0.1, 0.15) is 12.4 Å². The molecule has 0 spiro atoms. The Hall–Kier alpha value is -2.70. The van der Waals surface area contributed by atoms with Crippen molar-refractivity contribution in [2.45, 2.75) is 0 Å². The number of likely N-dealkylation sites (N-methyl/N-ethyl adjacent to an activating group) is 1. The zero-order chi connectivity index (χ0) is 19.1. The Morgan fingerprint density at radius 1 is 1.00 bits per heavy atom. The highest BCUT2D eigenvalue weighted by atomic mass is 35.5. The molecule has 4 rings (SSSR count). The molecule has 3 aromatic rings. The zero-order valence-corrected chi connectivity index (χ0v) is 17.1. The SMILES string of the molecule is COc1cc2c(cc1OC)-c1[nH]c3ccc(OCCN(C)C)cc3c1C2=O.Cl. The second-order valence-electron chi connectivity index (χ2n) is 6.82. The normalized spacial score (nSPS) is 12.0. The molecule has 0 fully saturated rings. The summed E-state index contributed by atoms with van der Waals surface area (Å²) in [5, 5.41) is 0.867. The van der Waals surface area contributed by atoms with Crippen molar-refractivity contribution >= 4 is 29.1 Å². The Morgan fingerprint density at radius 2 is 1.68 bits per heavy atom. The van der Waals surface area contributed by atoms with Gasteiger partial charge in [0, 0.05) is 28.6 Å². The van der Waals surface area contributed by atoms with E-state index in [0.717, 1.165) is 34.5 Å². The second kappa shape index (κ2) is 7.73. The van der Waals surface area contributed by atoms with Crippen molar-refractivity contribution in [3.05, 3.63) is 41.5 Å². The molecule has 1 heterocycles. The molecule has 0 aliphatic heterocycles. The third-order valence-corrected chi connectivity index (χ3v) is 4.84. The molecule has 0 atom stereocenters. The van der Waals surface area contributed by atoms with Crippen LogP contribution >= 0.6 is 12.4 Å². The number of nitrogens with one attached hydrogen (secondary N) is 1. The molecule has 2 aromatic carbocycles. The van der Waals surface area contributed by atoms with E-state index in [2.05, 4.69) is 9.88 Å². The third-order valence-electron chi connectivity index (χ3n) is 4.84. The van der Waals surface area contributed by atoms with Crippen molar-refractivity contribution < 1.29 is 19.0 Å². The summed E-state index contributed by atoms with van der Waals surface area (Å²) in [5.74, 6) is 1.89. The first-order valence-corrected chi connectivity index (χ1v) is 8.78. The van der Waals surface area contributed by atoms with Crippen molar-refractivity contribution in [3.63, 3.8) is 0 Å². The fourth-order valence-electron chi connectivity index (χ4n) is 3.45. The summed E-state index contributed by atoms with van der Waals surface area (Å²) in [4.78, 5) is 18.5. The first kappa shape index (κ1) is 20.0. The van der Waals surface area contributed by atoms with Crippen molar-refractivity contribution in [3.8, 4) is 28.5 Å². The molecule has 0 unspecified atom stereocenters. The zero-order valence-electron chi connectivity index (χ0n) is 16.3. The standard InChI is InChI=1S/C21H22N2O4.ClH/c1-23(2)7-8-27-12-5-6-16-15(9-12)19-20(22-16)13-10-17(25-3)18(26-4)11-14(13)21(19)24;/h5-6,9-11,22H,7-8H2,1-4H3;1H. The van der Waals surface area contributed by atoms with Crippen LogP contribution in [0.5, 0.6) is 17.2 Å². The molecule has 1 aliphatic rings. The number of carbonyl (C=O) groups excluding carboxylic acids is 1. The molecule has 7 heteroatoms. The molecule has 0 bridgehead atoms. The van der Waals surface area contributed by atoms with Gasteiger partial charge in [-0.2, -0.15) is 0 Å². The van der Waals surface area contributed by atoms with Crippen LogP contribution in [-0.4, -0.2) is 57.1 Å². The maximum Gasteiger partial charge on any atom is 0.196 e. The van der Waals surface area contributed by atoms with Gasteiger partial charge in [-0.3, -0.25) is 4.79 Å². The van der Waals surface area contributed by atoms with E-state index >= 15 is 0 Å². The highest BCUT2D eigenvalue weighted by Gasteiger charge is 2.32. The Balaban J connectivity index is 0.00000225. The quantitative estimate of drug-likeness (QED) is 0.532. The smallest absolute Gasteiger partial charge is 0.196 e. The van der Waals surface area contributed by atoms with Crippen LogP contribution in [0.25, 0.3) is 22.2 Å². The van der Waals surface area contributed by atoms with Crippen LogP contribution in [0, 0.1) is 0 Å². The van der Waals surface area contributed by atoms with Crippen LogP contribution in [0.15, 0.2) is 30.3 Å². The summed E-state index contributed by atoms with van der Waals surface area (Å²) in [7, 11) is 7.16. The minimum absolute atomic E-state index is 0. The van der Waals surface area contributed by atoms with Crippen LogP contribution in [0.4, 0.5) is 0 Å². The van der Waals surface area contributed by atoms with E-state index < -0.39 is 0 Å². The van der Waals surface area contributed by atoms with Gasteiger partial charge in [0.15, 0.2) is 17.3 Å². The minimum Gasteiger partial charge on any atom is -0.493 e. The summed E-state index contributed by atoms with van der Waals surface area (Å²) in [6.45, 7) is 1.42. The molecule has 0 saturated carbocycles.